The molecule has 1 aliphatic rings. The van der Waals surface area contributed by atoms with Gasteiger partial charge in [0.1, 0.15) is 5.69 Å². The highest BCUT2D eigenvalue weighted by atomic mass is 32.1. The number of aromatic nitrogens is 4. The van der Waals surface area contributed by atoms with Gasteiger partial charge < -0.3 is 4.74 Å². The number of pyridine rings is 1. The van der Waals surface area contributed by atoms with Gasteiger partial charge >= 0.3 is 0 Å². The molecule has 3 rings (SSSR count). The van der Waals surface area contributed by atoms with Crippen molar-refractivity contribution in [1.82, 2.24) is 19.7 Å². The molecule has 2 heterocycles. The molecule has 2 aromatic rings. The molecule has 6 heteroatoms. The molecule has 0 amide bonds. The summed E-state index contributed by atoms with van der Waals surface area (Å²) >= 11 is 5.28. The summed E-state index contributed by atoms with van der Waals surface area (Å²) < 4.78 is 8.26. The minimum Gasteiger partial charge on any atom is -0.381 e. The maximum atomic E-state index is 5.65. The van der Waals surface area contributed by atoms with Gasteiger partial charge in [0.05, 0.1) is 0 Å². The van der Waals surface area contributed by atoms with Crippen LogP contribution in [0.2, 0.25) is 0 Å². The number of nitrogens with zero attached hydrogens (tertiary/aromatic N) is 3. The van der Waals surface area contributed by atoms with Crippen molar-refractivity contribution in [2.75, 3.05) is 13.2 Å². The number of hydrogen-bond donors (Lipinski definition) is 1. The molecule has 1 N–H and O–H groups in total. The van der Waals surface area contributed by atoms with Crippen molar-refractivity contribution in [3.63, 3.8) is 0 Å². The molecule has 0 spiro atoms. The normalized spacial score (nSPS) is 14.6. The second-order valence-corrected chi connectivity index (χ2v) is 5.48. The summed E-state index contributed by atoms with van der Waals surface area (Å²) in [5.74, 6) is 1.60. The Kier molecular flexibility index (Phi) is 4.22. The molecule has 0 saturated heterocycles. The van der Waals surface area contributed by atoms with Gasteiger partial charge in [0.2, 0.25) is 0 Å². The topological polar surface area (TPSA) is 55.7 Å². The van der Waals surface area contributed by atoms with Gasteiger partial charge in [-0.05, 0) is 49.5 Å². The van der Waals surface area contributed by atoms with Crippen molar-refractivity contribution in [3.8, 4) is 11.5 Å². The van der Waals surface area contributed by atoms with Crippen molar-refractivity contribution < 1.29 is 4.74 Å². The fourth-order valence-electron chi connectivity index (χ4n) is 2.07. The predicted octanol–water partition coefficient (Wildman–Crippen LogP) is 2.82. The van der Waals surface area contributed by atoms with Crippen LogP contribution < -0.4 is 0 Å². The molecule has 5 nitrogen and oxygen atoms in total. The van der Waals surface area contributed by atoms with Crippen LogP contribution in [0.4, 0.5) is 0 Å². The van der Waals surface area contributed by atoms with Gasteiger partial charge in [0.15, 0.2) is 10.6 Å². The van der Waals surface area contributed by atoms with E-state index in [1.807, 2.05) is 22.8 Å². The first-order chi connectivity index (χ1) is 9.84. The summed E-state index contributed by atoms with van der Waals surface area (Å²) in [7, 11) is 0. The second-order valence-electron chi connectivity index (χ2n) is 5.09. The van der Waals surface area contributed by atoms with Gasteiger partial charge in [-0.1, -0.05) is 6.07 Å². The van der Waals surface area contributed by atoms with E-state index in [4.69, 9.17) is 17.0 Å². The van der Waals surface area contributed by atoms with E-state index in [1.165, 1.54) is 12.8 Å². The highest BCUT2D eigenvalue weighted by molar-refractivity contribution is 7.71. The summed E-state index contributed by atoms with van der Waals surface area (Å²) in [5.41, 5.74) is 0.832. The van der Waals surface area contributed by atoms with E-state index in [9.17, 15) is 0 Å². The standard InChI is InChI=1S/C14H18N4OS/c20-14-17-16-13(12-4-1-2-7-15-12)18(14)8-3-9-19-10-11-5-6-11/h1-2,4,7,11H,3,5-6,8-10H2,(H,17,20). The molecule has 0 bridgehead atoms. The Hall–Kier alpha value is -1.53. The van der Waals surface area contributed by atoms with E-state index in [2.05, 4.69) is 15.2 Å². The van der Waals surface area contributed by atoms with E-state index < -0.39 is 0 Å². The Bertz CT molecular complexity index is 603. The van der Waals surface area contributed by atoms with Crippen LogP contribution in [0.5, 0.6) is 0 Å². The van der Waals surface area contributed by atoms with E-state index in [0.717, 1.165) is 43.6 Å². The van der Waals surface area contributed by atoms with E-state index in [-0.39, 0.29) is 0 Å². The van der Waals surface area contributed by atoms with Crippen LogP contribution in [0.3, 0.4) is 0 Å². The van der Waals surface area contributed by atoms with E-state index >= 15 is 0 Å². The maximum absolute atomic E-state index is 5.65. The largest absolute Gasteiger partial charge is 0.381 e. The third-order valence-electron chi connectivity index (χ3n) is 3.37. The van der Waals surface area contributed by atoms with E-state index in [0.29, 0.717) is 4.77 Å². The van der Waals surface area contributed by atoms with Crippen LogP contribution >= 0.6 is 12.2 Å². The fourth-order valence-corrected chi connectivity index (χ4v) is 2.30. The zero-order valence-corrected chi connectivity index (χ0v) is 12.1. The summed E-state index contributed by atoms with van der Waals surface area (Å²) in [6, 6.07) is 5.77. The van der Waals surface area contributed by atoms with E-state index in [1.54, 1.807) is 6.20 Å². The van der Waals surface area contributed by atoms with Crippen molar-refractivity contribution in [1.29, 1.82) is 0 Å². The number of aromatic amines is 1. The lowest BCUT2D eigenvalue weighted by molar-refractivity contribution is 0.119. The average molecular weight is 290 g/mol. The van der Waals surface area contributed by atoms with Crippen LogP contribution in [0.1, 0.15) is 19.3 Å². The minimum absolute atomic E-state index is 0.632. The number of ether oxygens (including phenoxy) is 1. The Morgan fingerprint density at radius 2 is 2.30 bits per heavy atom. The lowest BCUT2D eigenvalue weighted by atomic mass is 10.3. The molecular weight excluding hydrogens is 272 g/mol. The minimum atomic E-state index is 0.632. The lowest BCUT2D eigenvalue weighted by Crippen LogP contribution is -2.06. The molecule has 2 aromatic heterocycles. The van der Waals surface area contributed by atoms with Crippen molar-refractivity contribution in [2.45, 2.75) is 25.8 Å². The molecule has 0 unspecified atom stereocenters. The molecule has 0 atom stereocenters. The maximum Gasteiger partial charge on any atom is 0.195 e. The summed E-state index contributed by atoms with van der Waals surface area (Å²) in [4.78, 5) is 4.32. The first-order valence-electron chi connectivity index (χ1n) is 6.99. The monoisotopic (exact) mass is 290 g/mol. The third kappa shape index (κ3) is 3.32. The number of H-pyrrole nitrogens is 1. The van der Waals surface area contributed by atoms with Crippen molar-refractivity contribution in [2.24, 2.45) is 5.92 Å². The molecule has 1 fully saturated rings. The smallest absolute Gasteiger partial charge is 0.195 e. The first kappa shape index (κ1) is 13.5. The molecule has 0 radical (unpaired) electrons. The molecule has 1 aliphatic carbocycles. The van der Waals surface area contributed by atoms with Crippen molar-refractivity contribution >= 4 is 12.2 Å². The van der Waals surface area contributed by atoms with Crippen LogP contribution in [0.15, 0.2) is 24.4 Å². The number of hydrogen-bond acceptors (Lipinski definition) is 4. The molecule has 1 saturated carbocycles. The van der Waals surface area contributed by atoms with Gasteiger partial charge in [-0.25, -0.2) is 0 Å². The summed E-state index contributed by atoms with van der Waals surface area (Å²) in [6.07, 6.45) is 5.35. The molecule has 0 aliphatic heterocycles. The Balaban J connectivity index is 1.60. The van der Waals surface area contributed by atoms with Gasteiger partial charge in [-0.3, -0.25) is 14.6 Å². The first-order valence-corrected chi connectivity index (χ1v) is 7.40. The quantitative estimate of drug-likeness (QED) is 0.629. The predicted molar refractivity (Wildman–Crippen MR) is 78.8 cm³/mol. The van der Waals surface area contributed by atoms with Crippen molar-refractivity contribution in [3.05, 3.63) is 29.2 Å². The average Bonchev–Trinajstić information content (AvgIpc) is 3.23. The second kappa shape index (κ2) is 6.28. The highest BCUT2D eigenvalue weighted by Gasteiger charge is 2.20. The molecular formula is C14H18N4OS. The van der Waals surface area contributed by atoms with Gasteiger partial charge in [-0.15, -0.1) is 0 Å². The summed E-state index contributed by atoms with van der Waals surface area (Å²) in [6.45, 7) is 2.47. The highest BCUT2D eigenvalue weighted by Crippen LogP contribution is 2.28. The van der Waals surface area contributed by atoms with Gasteiger partial charge in [0, 0.05) is 26.0 Å². The molecule has 20 heavy (non-hydrogen) atoms. The number of nitrogens with one attached hydrogen (secondary N) is 1. The van der Waals surface area contributed by atoms with Gasteiger partial charge in [0.25, 0.3) is 0 Å². The fraction of sp³-hybridized carbons (Fsp3) is 0.500. The van der Waals surface area contributed by atoms with Crippen LogP contribution in [0.25, 0.3) is 11.5 Å². The van der Waals surface area contributed by atoms with Crippen LogP contribution in [0, 0.1) is 10.7 Å². The van der Waals surface area contributed by atoms with Crippen LogP contribution in [-0.2, 0) is 11.3 Å². The van der Waals surface area contributed by atoms with Crippen LogP contribution in [-0.4, -0.2) is 33.0 Å². The molecule has 106 valence electrons. The third-order valence-corrected chi connectivity index (χ3v) is 3.68. The SMILES string of the molecule is S=c1[nH]nc(-c2ccccn2)n1CCCOCC1CC1. The number of rotatable bonds is 7. The zero-order valence-electron chi connectivity index (χ0n) is 11.3. The Labute approximate surface area is 123 Å². The van der Waals surface area contributed by atoms with Gasteiger partial charge in [-0.2, -0.15) is 5.10 Å². The Morgan fingerprint density at radius 3 is 3.05 bits per heavy atom. The summed E-state index contributed by atoms with van der Waals surface area (Å²) in [5, 5.41) is 7.11. The lowest BCUT2D eigenvalue weighted by Gasteiger charge is -2.07. The zero-order chi connectivity index (χ0) is 13.8. The Morgan fingerprint density at radius 1 is 1.40 bits per heavy atom. The molecule has 0 aromatic carbocycles.